The third-order valence-electron chi connectivity index (χ3n) is 3.44. The summed E-state index contributed by atoms with van der Waals surface area (Å²) in [6, 6.07) is 11.9. The number of amides is 1. The summed E-state index contributed by atoms with van der Waals surface area (Å²) >= 11 is 6.01. The van der Waals surface area contributed by atoms with Crippen LogP contribution in [0.15, 0.2) is 53.4 Å². The fourth-order valence-electron chi connectivity index (χ4n) is 2.38. The van der Waals surface area contributed by atoms with Crippen LogP contribution in [0.4, 0.5) is 11.4 Å². The summed E-state index contributed by atoms with van der Waals surface area (Å²) in [4.78, 5) is 22.9. The van der Waals surface area contributed by atoms with Gasteiger partial charge in [0, 0.05) is 10.7 Å². The van der Waals surface area contributed by atoms with Crippen molar-refractivity contribution in [3.05, 3.63) is 53.6 Å². The van der Waals surface area contributed by atoms with Crippen molar-refractivity contribution in [1.82, 2.24) is 0 Å². The van der Waals surface area contributed by atoms with Crippen LogP contribution < -0.4 is 9.62 Å². The molecule has 2 rings (SSSR count). The van der Waals surface area contributed by atoms with E-state index >= 15 is 0 Å². The van der Waals surface area contributed by atoms with Crippen molar-refractivity contribution in [3.8, 4) is 0 Å². The molecule has 0 saturated heterocycles. The van der Waals surface area contributed by atoms with E-state index in [1.165, 1.54) is 30.3 Å². The van der Waals surface area contributed by atoms with E-state index in [1.54, 1.807) is 39.0 Å². The third-order valence-corrected chi connectivity index (χ3v) is 5.44. The standard InChI is InChI=1S/C19H21ClN2O5S/c1-19(2,3)27-18(24)12-22(16-8-4-6-14(20)10-16)28(25,26)17-9-5-7-15(11-17)21-13-23/h4-11,13H,12H2,1-3H3,(H,21,23). The lowest BCUT2D eigenvalue weighted by Gasteiger charge is -2.26. The van der Waals surface area contributed by atoms with E-state index in [0.717, 1.165) is 4.31 Å². The lowest BCUT2D eigenvalue weighted by molar-refractivity contribution is -0.152. The average Bonchev–Trinajstić information content (AvgIpc) is 2.58. The first-order valence-electron chi connectivity index (χ1n) is 8.33. The molecule has 2 aromatic carbocycles. The molecule has 0 atom stereocenters. The zero-order valence-electron chi connectivity index (χ0n) is 15.7. The fourth-order valence-corrected chi connectivity index (χ4v) is 4.01. The second kappa shape index (κ2) is 8.62. The molecular formula is C19H21ClN2O5S. The minimum Gasteiger partial charge on any atom is -0.459 e. The fraction of sp³-hybridized carbons (Fsp3) is 0.263. The zero-order chi connectivity index (χ0) is 20.9. The van der Waals surface area contributed by atoms with Crippen LogP contribution in [0.2, 0.25) is 5.02 Å². The van der Waals surface area contributed by atoms with Crippen molar-refractivity contribution in [2.24, 2.45) is 0 Å². The van der Waals surface area contributed by atoms with Crippen molar-refractivity contribution in [3.63, 3.8) is 0 Å². The van der Waals surface area contributed by atoms with Crippen molar-refractivity contribution in [1.29, 1.82) is 0 Å². The Balaban J connectivity index is 2.49. The number of ether oxygens (including phenoxy) is 1. The number of carbonyl (C=O) groups is 2. The first-order chi connectivity index (χ1) is 13.0. The van der Waals surface area contributed by atoms with Crippen LogP contribution >= 0.6 is 11.6 Å². The van der Waals surface area contributed by atoms with Gasteiger partial charge in [-0.25, -0.2) is 8.42 Å². The van der Waals surface area contributed by atoms with Gasteiger partial charge in [-0.3, -0.25) is 13.9 Å². The molecule has 1 amide bonds. The third kappa shape index (κ3) is 5.71. The summed E-state index contributed by atoms with van der Waals surface area (Å²) in [7, 11) is -4.14. The highest BCUT2D eigenvalue weighted by Crippen LogP contribution is 2.27. The summed E-state index contributed by atoms with van der Waals surface area (Å²) in [6.45, 7) is 4.54. The number of nitrogens with zero attached hydrogens (tertiary/aromatic N) is 1. The van der Waals surface area contributed by atoms with Crippen LogP contribution in [0.25, 0.3) is 0 Å². The predicted molar refractivity (Wildman–Crippen MR) is 108 cm³/mol. The highest BCUT2D eigenvalue weighted by Gasteiger charge is 2.29. The monoisotopic (exact) mass is 424 g/mol. The van der Waals surface area contributed by atoms with Gasteiger partial charge in [0.25, 0.3) is 10.0 Å². The van der Waals surface area contributed by atoms with E-state index in [2.05, 4.69) is 5.32 Å². The Labute approximate surface area is 169 Å². The number of sulfonamides is 1. The first kappa shape index (κ1) is 21.7. The van der Waals surface area contributed by atoms with Crippen LogP contribution in [0.1, 0.15) is 20.8 Å². The largest absolute Gasteiger partial charge is 0.459 e. The van der Waals surface area contributed by atoms with Crippen LogP contribution in [0.5, 0.6) is 0 Å². The average molecular weight is 425 g/mol. The second-order valence-corrected chi connectivity index (χ2v) is 9.17. The van der Waals surface area contributed by atoms with E-state index in [4.69, 9.17) is 16.3 Å². The van der Waals surface area contributed by atoms with E-state index in [9.17, 15) is 18.0 Å². The Bertz CT molecular complexity index is 970. The Morgan fingerprint density at radius 2 is 1.86 bits per heavy atom. The molecule has 0 aromatic heterocycles. The number of halogens is 1. The number of anilines is 2. The molecule has 0 saturated carbocycles. The molecular weight excluding hydrogens is 404 g/mol. The molecule has 0 aliphatic heterocycles. The lowest BCUT2D eigenvalue weighted by Crippen LogP contribution is -2.39. The van der Waals surface area contributed by atoms with Gasteiger partial charge < -0.3 is 10.1 Å². The Morgan fingerprint density at radius 3 is 2.46 bits per heavy atom. The number of benzene rings is 2. The van der Waals surface area contributed by atoms with Gasteiger partial charge >= 0.3 is 5.97 Å². The summed E-state index contributed by atoms with van der Waals surface area (Å²) in [6.07, 6.45) is 0.446. The van der Waals surface area contributed by atoms with Gasteiger partial charge in [-0.15, -0.1) is 0 Å². The number of carbonyl (C=O) groups excluding carboxylic acids is 2. The van der Waals surface area contributed by atoms with Crippen LogP contribution in [-0.2, 0) is 24.3 Å². The Kier molecular flexibility index (Phi) is 6.69. The zero-order valence-corrected chi connectivity index (χ0v) is 17.3. The smallest absolute Gasteiger partial charge is 0.327 e. The molecule has 28 heavy (non-hydrogen) atoms. The topological polar surface area (TPSA) is 92.8 Å². The van der Waals surface area contributed by atoms with Crippen molar-refractivity contribution in [2.75, 3.05) is 16.2 Å². The maximum absolute atomic E-state index is 13.3. The number of rotatable bonds is 7. The Hall–Kier alpha value is -2.58. The minimum atomic E-state index is -4.14. The van der Waals surface area contributed by atoms with Gasteiger partial charge in [0.15, 0.2) is 0 Å². The molecule has 1 N–H and O–H groups in total. The van der Waals surface area contributed by atoms with E-state index < -0.39 is 28.1 Å². The number of esters is 1. The molecule has 2 aromatic rings. The summed E-state index contributed by atoms with van der Waals surface area (Å²) in [5.74, 6) is -0.710. The highest BCUT2D eigenvalue weighted by molar-refractivity contribution is 7.92. The highest BCUT2D eigenvalue weighted by atomic mass is 35.5. The molecule has 0 heterocycles. The number of hydrogen-bond acceptors (Lipinski definition) is 5. The van der Waals surface area contributed by atoms with Gasteiger partial charge in [-0.05, 0) is 57.2 Å². The van der Waals surface area contributed by atoms with Gasteiger partial charge in [0.1, 0.15) is 12.1 Å². The SMILES string of the molecule is CC(C)(C)OC(=O)CN(c1cccc(Cl)c1)S(=O)(=O)c1cccc(NC=O)c1. The minimum absolute atomic E-state index is 0.0946. The van der Waals surface area contributed by atoms with Crippen LogP contribution in [0.3, 0.4) is 0 Å². The maximum Gasteiger partial charge on any atom is 0.327 e. The molecule has 0 unspecified atom stereocenters. The van der Waals surface area contributed by atoms with E-state index in [0.29, 0.717) is 17.1 Å². The normalized spacial score (nSPS) is 11.6. The molecule has 0 radical (unpaired) electrons. The molecule has 0 spiro atoms. The van der Waals surface area contributed by atoms with Gasteiger partial charge in [-0.2, -0.15) is 0 Å². The Morgan fingerprint density at radius 1 is 1.18 bits per heavy atom. The van der Waals surface area contributed by atoms with Crippen LogP contribution in [-0.4, -0.2) is 32.9 Å². The quantitative estimate of drug-likeness (QED) is 0.542. The summed E-state index contributed by atoms with van der Waals surface area (Å²) < 4.78 is 32.7. The maximum atomic E-state index is 13.3. The molecule has 0 bridgehead atoms. The first-order valence-corrected chi connectivity index (χ1v) is 10.1. The predicted octanol–water partition coefficient (Wildman–Crippen LogP) is 3.45. The number of hydrogen-bond donors (Lipinski definition) is 1. The summed E-state index contributed by atoms with van der Waals surface area (Å²) in [5.41, 5.74) is -0.249. The van der Waals surface area contributed by atoms with Gasteiger partial charge in [-0.1, -0.05) is 23.7 Å². The second-order valence-electron chi connectivity index (χ2n) is 6.87. The van der Waals surface area contributed by atoms with Gasteiger partial charge in [0.2, 0.25) is 6.41 Å². The van der Waals surface area contributed by atoms with Gasteiger partial charge in [0.05, 0.1) is 10.6 Å². The van der Waals surface area contributed by atoms with Crippen molar-refractivity contribution < 1.29 is 22.7 Å². The van der Waals surface area contributed by atoms with E-state index in [1.807, 2.05) is 0 Å². The summed E-state index contributed by atoms with van der Waals surface area (Å²) in [5, 5.41) is 2.72. The molecule has 0 aliphatic rings. The molecule has 0 aliphatic carbocycles. The molecule has 0 fully saturated rings. The van der Waals surface area contributed by atoms with E-state index in [-0.39, 0.29) is 10.6 Å². The van der Waals surface area contributed by atoms with Crippen LogP contribution in [0, 0.1) is 0 Å². The number of nitrogens with one attached hydrogen (secondary N) is 1. The molecule has 7 nitrogen and oxygen atoms in total. The lowest BCUT2D eigenvalue weighted by atomic mass is 10.2. The molecule has 150 valence electrons. The van der Waals surface area contributed by atoms with Crippen molar-refractivity contribution in [2.45, 2.75) is 31.3 Å². The molecule has 9 heteroatoms. The van der Waals surface area contributed by atoms with Crippen molar-refractivity contribution >= 4 is 45.4 Å².